The fourth-order valence-corrected chi connectivity index (χ4v) is 3.90. The van der Waals surface area contributed by atoms with Gasteiger partial charge in [-0.1, -0.05) is 6.07 Å². The van der Waals surface area contributed by atoms with Crippen LogP contribution in [-0.2, 0) is 16.5 Å². The molecule has 0 saturated carbocycles. The van der Waals surface area contributed by atoms with Crippen LogP contribution in [0.25, 0.3) is 22.1 Å². The number of benzene rings is 2. The van der Waals surface area contributed by atoms with Crippen molar-refractivity contribution in [2.24, 2.45) is 0 Å². The molecule has 0 unspecified atom stereocenters. The first-order valence-corrected chi connectivity index (χ1v) is 12.0. The Bertz CT molecular complexity index is 1660. The van der Waals surface area contributed by atoms with Gasteiger partial charge in [0.15, 0.2) is 0 Å². The summed E-state index contributed by atoms with van der Waals surface area (Å²) in [6.07, 6.45) is 0.289. The molecule has 0 atom stereocenters. The molecule has 14 nitrogen and oxygen atoms in total. The van der Waals surface area contributed by atoms with Crippen LogP contribution in [0.2, 0.25) is 0 Å². The SMILES string of the molecule is O=c1[nH]c2ccc(Cc3nc(NCCS(=O)(=O)O)nc(Nc4ccc5[nH]c(=O)[nH]c5c4)n3)cc2[nH]1. The molecule has 0 bridgehead atoms. The molecule has 180 valence electrons. The summed E-state index contributed by atoms with van der Waals surface area (Å²) in [5.74, 6) is 0.127. The predicted octanol–water partition coefficient (Wildman–Crippen LogP) is 0.845. The van der Waals surface area contributed by atoms with E-state index in [0.29, 0.717) is 33.6 Å². The van der Waals surface area contributed by atoms with Crippen molar-refractivity contribution >= 4 is 49.8 Å². The highest BCUT2D eigenvalue weighted by molar-refractivity contribution is 7.85. The molecule has 5 aromatic rings. The van der Waals surface area contributed by atoms with Gasteiger partial charge in [0.25, 0.3) is 10.1 Å². The van der Waals surface area contributed by atoms with Gasteiger partial charge in [-0.05, 0) is 35.9 Å². The molecule has 0 fully saturated rings. The number of H-pyrrole nitrogens is 4. The molecule has 0 amide bonds. The topological polar surface area (TPSA) is 214 Å². The van der Waals surface area contributed by atoms with Gasteiger partial charge in [-0.2, -0.15) is 23.4 Å². The van der Waals surface area contributed by atoms with Crippen LogP contribution in [0.15, 0.2) is 46.0 Å². The van der Waals surface area contributed by atoms with Crippen molar-refractivity contribution in [2.45, 2.75) is 6.42 Å². The predicted molar refractivity (Wildman–Crippen MR) is 129 cm³/mol. The van der Waals surface area contributed by atoms with Gasteiger partial charge in [0.05, 0.1) is 27.8 Å². The number of anilines is 3. The number of aromatic amines is 4. The summed E-state index contributed by atoms with van der Waals surface area (Å²) in [6.45, 7) is -0.116. The molecule has 35 heavy (non-hydrogen) atoms. The zero-order chi connectivity index (χ0) is 24.6. The lowest BCUT2D eigenvalue weighted by Gasteiger charge is -2.10. The van der Waals surface area contributed by atoms with Gasteiger partial charge < -0.3 is 30.6 Å². The number of fused-ring (bicyclic) bond motifs is 2. The molecular formula is C20H19N9O5S. The molecule has 5 rings (SSSR count). The Kier molecular flexibility index (Phi) is 5.54. The molecule has 2 aromatic carbocycles. The van der Waals surface area contributed by atoms with E-state index in [1.165, 1.54) is 0 Å². The summed E-state index contributed by atoms with van der Waals surface area (Å²) in [5.41, 5.74) is 3.32. The van der Waals surface area contributed by atoms with Gasteiger partial charge >= 0.3 is 11.4 Å². The first-order valence-electron chi connectivity index (χ1n) is 10.3. The van der Waals surface area contributed by atoms with Crippen LogP contribution in [0.5, 0.6) is 0 Å². The minimum absolute atomic E-state index is 0.105. The normalized spacial score (nSPS) is 11.8. The van der Waals surface area contributed by atoms with E-state index in [-0.39, 0.29) is 36.2 Å². The zero-order valence-electron chi connectivity index (χ0n) is 17.9. The van der Waals surface area contributed by atoms with Gasteiger partial charge in [0.1, 0.15) is 5.82 Å². The largest absolute Gasteiger partial charge is 0.353 e. The Morgan fingerprint density at radius 1 is 0.800 bits per heavy atom. The Morgan fingerprint density at radius 3 is 2.14 bits per heavy atom. The number of hydrogen-bond donors (Lipinski definition) is 7. The van der Waals surface area contributed by atoms with E-state index in [9.17, 15) is 18.0 Å². The van der Waals surface area contributed by atoms with E-state index in [1.807, 2.05) is 6.07 Å². The van der Waals surface area contributed by atoms with Gasteiger partial charge in [0, 0.05) is 18.7 Å². The maximum absolute atomic E-state index is 11.5. The van der Waals surface area contributed by atoms with Crippen molar-refractivity contribution < 1.29 is 13.0 Å². The molecule has 3 heterocycles. The van der Waals surface area contributed by atoms with Crippen molar-refractivity contribution in [2.75, 3.05) is 22.9 Å². The third-order valence-electron chi connectivity index (χ3n) is 5.04. The average Bonchev–Trinajstić information content (AvgIpc) is 3.32. The zero-order valence-corrected chi connectivity index (χ0v) is 18.7. The first kappa shape index (κ1) is 22.3. The van der Waals surface area contributed by atoms with E-state index in [2.05, 4.69) is 45.5 Å². The highest BCUT2D eigenvalue weighted by Crippen LogP contribution is 2.20. The van der Waals surface area contributed by atoms with E-state index < -0.39 is 15.9 Å². The molecule has 0 spiro atoms. The quantitative estimate of drug-likeness (QED) is 0.150. The molecule has 0 saturated heterocycles. The van der Waals surface area contributed by atoms with Crippen LogP contribution in [-0.4, -0.2) is 60.2 Å². The van der Waals surface area contributed by atoms with Gasteiger partial charge in [-0.15, -0.1) is 0 Å². The van der Waals surface area contributed by atoms with Gasteiger partial charge in [-0.3, -0.25) is 4.55 Å². The fourth-order valence-electron chi connectivity index (χ4n) is 3.54. The number of nitrogens with one attached hydrogen (secondary N) is 6. The Balaban J connectivity index is 1.45. The maximum Gasteiger partial charge on any atom is 0.323 e. The second kappa shape index (κ2) is 8.69. The number of imidazole rings is 2. The summed E-state index contributed by atoms with van der Waals surface area (Å²) in [5, 5.41) is 5.83. The third-order valence-corrected chi connectivity index (χ3v) is 5.76. The lowest BCUT2D eigenvalue weighted by Crippen LogP contribution is -2.17. The lowest BCUT2D eigenvalue weighted by molar-refractivity contribution is 0.484. The van der Waals surface area contributed by atoms with Gasteiger partial charge in [-0.25, -0.2) is 9.59 Å². The molecule has 0 aliphatic heterocycles. The van der Waals surface area contributed by atoms with E-state index in [4.69, 9.17) is 4.55 Å². The molecule has 15 heteroatoms. The fraction of sp³-hybridized carbons (Fsp3) is 0.150. The third kappa shape index (κ3) is 5.36. The summed E-state index contributed by atoms with van der Waals surface area (Å²) < 4.78 is 31.1. The molecule has 0 aliphatic carbocycles. The number of aromatic nitrogens is 7. The van der Waals surface area contributed by atoms with Crippen LogP contribution in [0.1, 0.15) is 11.4 Å². The van der Waals surface area contributed by atoms with Crippen molar-refractivity contribution in [3.8, 4) is 0 Å². The second-order valence-electron chi connectivity index (χ2n) is 7.71. The Hall–Kier alpha value is -4.50. The smallest absolute Gasteiger partial charge is 0.323 e. The highest BCUT2D eigenvalue weighted by Gasteiger charge is 2.11. The molecule has 0 radical (unpaired) electrons. The maximum atomic E-state index is 11.5. The van der Waals surface area contributed by atoms with Crippen LogP contribution in [0.3, 0.4) is 0 Å². The monoisotopic (exact) mass is 497 g/mol. The van der Waals surface area contributed by atoms with Crippen molar-refractivity contribution in [3.63, 3.8) is 0 Å². The van der Waals surface area contributed by atoms with Crippen molar-refractivity contribution in [1.82, 2.24) is 34.9 Å². The van der Waals surface area contributed by atoms with Crippen molar-refractivity contribution in [3.05, 3.63) is 68.8 Å². The standard InChI is InChI=1S/C20H19N9O5S/c30-19-23-12-3-1-10(7-14(12)25-19)8-16-27-17(21-5-6-35(32,33)34)29-18(28-16)22-11-2-4-13-15(9-11)26-20(31)24-13/h1-4,7,9H,5-6,8H2,(H2,23,25,30)(H2,24,26,31)(H,32,33,34)(H2,21,22,27,28,29). The van der Waals surface area contributed by atoms with E-state index in [0.717, 1.165) is 5.56 Å². The molecule has 3 aromatic heterocycles. The van der Waals surface area contributed by atoms with Crippen LogP contribution in [0.4, 0.5) is 17.6 Å². The summed E-state index contributed by atoms with van der Waals surface area (Å²) in [7, 11) is -4.16. The number of hydrogen-bond acceptors (Lipinski definition) is 9. The summed E-state index contributed by atoms with van der Waals surface area (Å²) in [4.78, 5) is 46.8. The molecule has 0 aliphatic rings. The lowest BCUT2D eigenvalue weighted by atomic mass is 10.1. The summed E-state index contributed by atoms with van der Waals surface area (Å²) in [6, 6.07) is 10.5. The minimum atomic E-state index is -4.16. The summed E-state index contributed by atoms with van der Waals surface area (Å²) >= 11 is 0. The molecule has 7 N–H and O–H groups in total. The van der Waals surface area contributed by atoms with E-state index >= 15 is 0 Å². The highest BCUT2D eigenvalue weighted by atomic mass is 32.2. The van der Waals surface area contributed by atoms with E-state index in [1.54, 1.807) is 30.3 Å². The number of rotatable bonds is 8. The van der Waals surface area contributed by atoms with Crippen molar-refractivity contribution in [1.29, 1.82) is 0 Å². The van der Waals surface area contributed by atoms with Crippen LogP contribution >= 0.6 is 0 Å². The Labute approximate surface area is 196 Å². The second-order valence-corrected chi connectivity index (χ2v) is 9.28. The number of nitrogens with zero attached hydrogens (tertiary/aromatic N) is 3. The van der Waals surface area contributed by atoms with Gasteiger partial charge in [0.2, 0.25) is 11.9 Å². The van der Waals surface area contributed by atoms with Crippen LogP contribution in [0, 0.1) is 0 Å². The Morgan fingerprint density at radius 2 is 1.43 bits per heavy atom. The first-order chi connectivity index (χ1) is 16.7. The minimum Gasteiger partial charge on any atom is -0.353 e. The van der Waals surface area contributed by atoms with Crippen LogP contribution < -0.4 is 22.0 Å². The average molecular weight is 497 g/mol. The molecular weight excluding hydrogens is 478 g/mol.